The molecule has 1 unspecified atom stereocenters. The van der Waals surface area contributed by atoms with Crippen LogP contribution in [-0.2, 0) is 0 Å². The predicted octanol–water partition coefficient (Wildman–Crippen LogP) is 2.70. The molecule has 128 valence electrons. The molecule has 0 aromatic heterocycles. The summed E-state index contributed by atoms with van der Waals surface area (Å²) < 4.78 is 10.5. The largest absolute Gasteiger partial charge is 0.493 e. The minimum absolute atomic E-state index is 0.118. The summed E-state index contributed by atoms with van der Waals surface area (Å²) in [6.45, 7) is 5.18. The van der Waals surface area contributed by atoms with Gasteiger partial charge in [-0.05, 0) is 44.9 Å². The zero-order valence-electron chi connectivity index (χ0n) is 14.4. The second kappa shape index (κ2) is 8.77. The Kier molecular flexibility index (Phi) is 6.71. The number of ether oxygens (including phenoxy) is 2. The number of hydrogen-bond acceptors (Lipinski definition) is 4. The van der Waals surface area contributed by atoms with Crippen molar-refractivity contribution in [3.63, 3.8) is 0 Å². The molecule has 1 aliphatic rings. The third-order valence-corrected chi connectivity index (χ3v) is 4.50. The van der Waals surface area contributed by atoms with Gasteiger partial charge in [-0.15, -0.1) is 0 Å². The van der Waals surface area contributed by atoms with Gasteiger partial charge in [0, 0.05) is 19.1 Å². The fourth-order valence-electron chi connectivity index (χ4n) is 3.14. The third-order valence-electron chi connectivity index (χ3n) is 4.50. The Bertz CT molecular complexity index is 519. The van der Waals surface area contributed by atoms with Crippen LogP contribution in [0.25, 0.3) is 0 Å². The van der Waals surface area contributed by atoms with E-state index in [1.54, 1.807) is 32.4 Å². The second-order valence-electron chi connectivity index (χ2n) is 6.03. The number of para-hydroxylation sites is 1. The number of amides is 1. The van der Waals surface area contributed by atoms with E-state index in [2.05, 4.69) is 17.1 Å². The number of nitrogens with zero attached hydrogens (tertiary/aromatic N) is 1. The van der Waals surface area contributed by atoms with Crippen LogP contribution >= 0.6 is 0 Å². The van der Waals surface area contributed by atoms with Crippen molar-refractivity contribution in [1.82, 2.24) is 10.2 Å². The molecule has 0 bridgehead atoms. The van der Waals surface area contributed by atoms with E-state index in [1.165, 1.54) is 25.8 Å². The van der Waals surface area contributed by atoms with Crippen LogP contribution in [-0.4, -0.2) is 50.7 Å². The lowest BCUT2D eigenvalue weighted by Crippen LogP contribution is -2.39. The molecule has 0 saturated carbocycles. The van der Waals surface area contributed by atoms with Gasteiger partial charge in [0.15, 0.2) is 11.5 Å². The van der Waals surface area contributed by atoms with Crippen LogP contribution in [0.5, 0.6) is 11.5 Å². The molecule has 0 aliphatic carbocycles. The van der Waals surface area contributed by atoms with Crippen molar-refractivity contribution in [2.45, 2.75) is 38.6 Å². The highest BCUT2D eigenvalue weighted by atomic mass is 16.5. The van der Waals surface area contributed by atoms with Gasteiger partial charge in [0.1, 0.15) is 0 Å². The van der Waals surface area contributed by atoms with E-state index in [0.29, 0.717) is 29.6 Å². The van der Waals surface area contributed by atoms with Crippen molar-refractivity contribution >= 4 is 5.91 Å². The molecular weight excluding hydrogens is 292 g/mol. The van der Waals surface area contributed by atoms with Crippen LogP contribution in [0.1, 0.15) is 43.0 Å². The Balaban J connectivity index is 1.83. The van der Waals surface area contributed by atoms with Gasteiger partial charge < -0.3 is 19.7 Å². The average molecular weight is 320 g/mol. The molecule has 1 N–H and O–H groups in total. The maximum atomic E-state index is 12.3. The highest BCUT2D eigenvalue weighted by Gasteiger charge is 2.18. The molecular formula is C18H28N2O3. The van der Waals surface area contributed by atoms with E-state index in [1.807, 2.05) is 0 Å². The lowest BCUT2D eigenvalue weighted by molar-refractivity contribution is 0.0945. The number of hydrogen-bond donors (Lipinski definition) is 1. The summed E-state index contributed by atoms with van der Waals surface area (Å²) >= 11 is 0. The third kappa shape index (κ3) is 4.61. The number of carbonyl (C=O) groups is 1. The molecule has 0 radical (unpaired) electrons. The first kappa shape index (κ1) is 17.6. The quantitative estimate of drug-likeness (QED) is 0.785. The van der Waals surface area contributed by atoms with Gasteiger partial charge in [-0.3, -0.25) is 4.79 Å². The van der Waals surface area contributed by atoms with Gasteiger partial charge in [0.25, 0.3) is 5.91 Å². The number of nitrogens with one attached hydrogen (secondary N) is 1. The minimum Gasteiger partial charge on any atom is -0.493 e. The Labute approximate surface area is 139 Å². The molecule has 1 amide bonds. The Morgan fingerprint density at radius 3 is 2.83 bits per heavy atom. The summed E-state index contributed by atoms with van der Waals surface area (Å²) in [7, 11) is 3.12. The van der Waals surface area contributed by atoms with Gasteiger partial charge in [-0.1, -0.05) is 12.5 Å². The van der Waals surface area contributed by atoms with Crippen molar-refractivity contribution in [2.75, 3.05) is 33.9 Å². The Morgan fingerprint density at radius 1 is 1.30 bits per heavy atom. The number of likely N-dealkylation sites (tertiary alicyclic amines) is 1. The molecule has 1 heterocycles. The fraction of sp³-hybridized carbons (Fsp3) is 0.611. The first-order valence-electron chi connectivity index (χ1n) is 8.40. The maximum Gasteiger partial charge on any atom is 0.255 e. The molecule has 1 fully saturated rings. The summed E-state index contributed by atoms with van der Waals surface area (Å²) in [5.41, 5.74) is 0.512. The molecule has 1 aromatic rings. The summed E-state index contributed by atoms with van der Waals surface area (Å²) in [6.07, 6.45) is 4.87. The topological polar surface area (TPSA) is 50.8 Å². The van der Waals surface area contributed by atoms with Crippen molar-refractivity contribution in [2.24, 2.45) is 0 Å². The lowest BCUT2D eigenvalue weighted by atomic mass is 10.0. The molecule has 1 aromatic carbocycles. The van der Waals surface area contributed by atoms with E-state index in [-0.39, 0.29) is 5.91 Å². The number of piperidine rings is 1. The summed E-state index contributed by atoms with van der Waals surface area (Å²) in [4.78, 5) is 14.9. The first-order valence-corrected chi connectivity index (χ1v) is 8.40. The molecule has 5 nitrogen and oxygen atoms in total. The van der Waals surface area contributed by atoms with Gasteiger partial charge in [-0.2, -0.15) is 0 Å². The van der Waals surface area contributed by atoms with Crippen molar-refractivity contribution in [1.29, 1.82) is 0 Å². The highest BCUT2D eigenvalue weighted by Crippen LogP contribution is 2.30. The molecule has 5 heteroatoms. The SMILES string of the molecule is COc1cccc(C(=O)NCCCN2CCCCC2C)c1OC. The van der Waals surface area contributed by atoms with E-state index in [0.717, 1.165) is 13.0 Å². The van der Waals surface area contributed by atoms with Crippen molar-refractivity contribution < 1.29 is 14.3 Å². The molecule has 2 rings (SSSR count). The van der Waals surface area contributed by atoms with Crippen LogP contribution in [0.3, 0.4) is 0 Å². The number of methoxy groups -OCH3 is 2. The zero-order valence-corrected chi connectivity index (χ0v) is 14.4. The lowest BCUT2D eigenvalue weighted by Gasteiger charge is -2.33. The van der Waals surface area contributed by atoms with Crippen LogP contribution in [0.4, 0.5) is 0 Å². The van der Waals surface area contributed by atoms with Crippen LogP contribution in [0, 0.1) is 0 Å². The fourth-order valence-corrected chi connectivity index (χ4v) is 3.14. The maximum absolute atomic E-state index is 12.3. The monoisotopic (exact) mass is 320 g/mol. The predicted molar refractivity (Wildman–Crippen MR) is 91.4 cm³/mol. The van der Waals surface area contributed by atoms with Gasteiger partial charge in [0.05, 0.1) is 19.8 Å². The molecule has 1 saturated heterocycles. The smallest absolute Gasteiger partial charge is 0.255 e. The highest BCUT2D eigenvalue weighted by molar-refractivity contribution is 5.97. The van der Waals surface area contributed by atoms with E-state index < -0.39 is 0 Å². The van der Waals surface area contributed by atoms with Crippen molar-refractivity contribution in [3.05, 3.63) is 23.8 Å². The van der Waals surface area contributed by atoms with Gasteiger partial charge in [0.2, 0.25) is 0 Å². The summed E-state index contributed by atoms with van der Waals surface area (Å²) in [5, 5.41) is 2.98. The number of carbonyl (C=O) groups excluding carboxylic acids is 1. The van der Waals surface area contributed by atoms with E-state index >= 15 is 0 Å². The average Bonchev–Trinajstić information content (AvgIpc) is 2.59. The van der Waals surface area contributed by atoms with Crippen molar-refractivity contribution in [3.8, 4) is 11.5 Å². The van der Waals surface area contributed by atoms with E-state index in [4.69, 9.17) is 9.47 Å². The van der Waals surface area contributed by atoms with Crippen LogP contribution in [0.2, 0.25) is 0 Å². The second-order valence-corrected chi connectivity index (χ2v) is 6.03. The number of benzene rings is 1. The van der Waals surface area contributed by atoms with Crippen LogP contribution in [0.15, 0.2) is 18.2 Å². The van der Waals surface area contributed by atoms with Gasteiger partial charge >= 0.3 is 0 Å². The summed E-state index contributed by atoms with van der Waals surface area (Å²) in [6, 6.07) is 6.00. The molecule has 1 aliphatic heterocycles. The normalized spacial score (nSPS) is 18.5. The Hall–Kier alpha value is -1.75. The molecule has 23 heavy (non-hydrogen) atoms. The summed E-state index contributed by atoms with van der Waals surface area (Å²) in [5.74, 6) is 0.937. The molecule has 1 atom stereocenters. The standard InChI is InChI=1S/C18H28N2O3/c1-14-8-4-5-12-20(14)13-7-11-19-18(21)15-9-6-10-16(22-2)17(15)23-3/h6,9-10,14H,4-5,7-8,11-13H2,1-3H3,(H,19,21). The minimum atomic E-state index is -0.118. The van der Waals surface area contributed by atoms with E-state index in [9.17, 15) is 4.79 Å². The number of rotatable bonds is 7. The first-order chi connectivity index (χ1) is 11.2. The Morgan fingerprint density at radius 2 is 2.13 bits per heavy atom. The van der Waals surface area contributed by atoms with Gasteiger partial charge in [-0.25, -0.2) is 0 Å². The zero-order chi connectivity index (χ0) is 16.7. The molecule has 0 spiro atoms. The van der Waals surface area contributed by atoms with Crippen LogP contribution < -0.4 is 14.8 Å².